The van der Waals surface area contributed by atoms with E-state index >= 15 is 0 Å². The average Bonchev–Trinajstić information content (AvgIpc) is 1.60. The summed E-state index contributed by atoms with van der Waals surface area (Å²) in [6.45, 7) is 7.60. The molecule has 5 heteroatoms. The molecule has 0 heterocycles. The fourth-order valence-corrected chi connectivity index (χ4v) is 7.72. The van der Waals surface area contributed by atoms with E-state index in [0.29, 0.717) is 6.04 Å². The Bertz CT molecular complexity index is 102. The van der Waals surface area contributed by atoms with E-state index in [9.17, 15) is 0 Å². The molecule has 0 unspecified atom stereocenters. The van der Waals surface area contributed by atoms with Crippen LogP contribution in [0.25, 0.3) is 0 Å². The Hall–Kier alpha value is 1.62. The minimum absolute atomic E-state index is 0.579. The smallest absolute Gasteiger partial charge is 0.296 e. The Kier molecular flexibility index (Phi) is 5.34. The van der Waals surface area contributed by atoms with Gasteiger partial charge in [-0.25, -0.2) is 0 Å². The van der Waals surface area contributed by atoms with E-state index in [1.54, 1.807) is 0 Å². The summed E-state index contributed by atoms with van der Waals surface area (Å²) in [6.07, 6.45) is 0. The Labute approximate surface area is 87.4 Å². The summed E-state index contributed by atoms with van der Waals surface area (Å²) in [4.78, 5) is 0. The minimum Gasteiger partial charge on any atom is -0.296 e. The zero-order valence-electron chi connectivity index (χ0n) is 6.37. The molecule has 0 spiro atoms. The summed E-state index contributed by atoms with van der Waals surface area (Å²) in [5.74, 6) is 0. The molecule has 62 valence electrons. The van der Waals surface area contributed by atoms with Crippen LogP contribution in [0.4, 0.5) is 0 Å². The maximum absolute atomic E-state index is 3.60. The largest absolute Gasteiger partial charge is 0.345 e. The van der Waals surface area contributed by atoms with Gasteiger partial charge in [-0.3, -0.25) is 4.57 Å². The van der Waals surface area contributed by atoms with Gasteiger partial charge in [0.05, 0.1) is 0 Å². The van der Waals surface area contributed by atoms with Gasteiger partial charge in [-0.05, 0) is 12.6 Å². The molecule has 10 heavy (non-hydrogen) atoms. The summed E-state index contributed by atoms with van der Waals surface area (Å²) < 4.78 is 0.789. The first-order valence-corrected chi connectivity index (χ1v) is 11.9. The van der Waals surface area contributed by atoms with Crippen molar-refractivity contribution in [3.63, 3.8) is 0 Å². The maximum Gasteiger partial charge on any atom is 0.345 e. The lowest BCUT2D eigenvalue weighted by Crippen LogP contribution is -2.43. The Morgan fingerprint density at radius 2 is 1.70 bits per heavy atom. The number of rotatable bonds is 3. The molecule has 0 N–H and O–H groups in total. The third-order valence-corrected chi connectivity index (χ3v) is 6.87. The molecule has 0 saturated carbocycles. The molecule has 0 aliphatic carbocycles. The van der Waals surface area contributed by atoms with Crippen molar-refractivity contribution in [3.8, 4) is 0 Å². The van der Waals surface area contributed by atoms with E-state index in [1.165, 1.54) is 0 Å². The van der Waals surface area contributed by atoms with Gasteiger partial charge >= 0.3 is 4.09 Å². The molecule has 0 rings (SSSR count). The van der Waals surface area contributed by atoms with E-state index in [1.807, 2.05) is 0 Å². The lowest BCUT2D eigenvalue weighted by atomic mass is 10.4. The van der Waals surface area contributed by atoms with Crippen LogP contribution in [-0.4, -0.2) is 21.2 Å². The molecular formula is C5H12Br3NSi. The topological polar surface area (TPSA) is 3.24 Å². The Morgan fingerprint density at radius 3 is 1.70 bits per heavy atom. The van der Waals surface area contributed by atoms with Gasteiger partial charge in [0.25, 0.3) is 0 Å². The molecule has 1 nitrogen and oxygen atoms in total. The van der Waals surface area contributed by atoms with Crippen molar-refractivity contribution in [1.82, 2.24) is 4.57 Å². The summed E-state index contributed by atoms with van der Waals surface area (Å²) in [5.41, 5.74) is 0. The maximum atomic E-state index is 3.60. The molecule has 0 radical (unpaired) electrons. The van der Waals surface area contributed by atoms with Gasteiger partial charge in [0.15, 0.2) is 0 Å². The summed E-state index contributed by atoms with van der Waals surface area (Å²) in [6, 6.07) is 0.579. The van der Waals surface area contributed by atoms with E-state index in [0.717, 1.165) is 6.54 Å². The van der Waals surface area contributed by atoms with Gasteiger partial charge in [-0.1, -0.05) is 66.6 Å². The second kappa shape index (κ2) is 4.60. The van der Waals surface area contributed by atoms with Crippen LogP contribution in [0.3, 0.4) is 0 Å². The standard InChI is InChI=1S/C5H12Br3NSi/c1-4-9(5(2)3)10(6,7)8/h5H,4H2,1-3H3. The van der Waals surface area contributed by atoms with Gasteiger partial charge in [0.1, 0.15) is 0 Å². The molecule has 0 aromatic carbocycles. The van der Waals surface area contributed by atoms with Crippen LogP contribution in [0.2, 0.25) is 0 Å². The monoisotopic (exact) mass is 351 g/mol. The molecule has 0 atom stereocenters. The van der Waals surface area contributed by atoms with Gasteiger partial charge in [-0.2, -0.15) is 0 Å². The number of halogens is 3. The number of nitrogens with zero attached hydrogens (tertiary/aromatic N) is 1. The third kappa shape index (κ3) is 3.85. The Balaban J connectivity index is 4.07. The van der Waals surface area contributed by atoms with Crippen molar-refractivity contribution in [2.45, 2.75) is 26.8 Å². The number of hydrogen-bond donors (Lipinski definition) is 0. The van der Waals surface area contributed by atoms with Gasteiger partial charge in [0.2, 0.25) is 0 Å². The van der Waals surface area contributed by atoms with Crippen molar-refractivity contribution in [2.75, 3.05) is 6.54 Å². The predicted octanol–water partition coefficient (Wildman–Crippen LogP) is 3.34. The second-order valence-corrected chi connectivity index (χ2v) is 23.8. The van der Waals surface area contributed by atoms with E-state index in [4.69, 9.17) is 0 Å². The minimum atomic E-state index is -1.58. The molecule has 0 amide bonds. The van der Waals surface area contributed by atoms with Crippen LogP contribution < -0.4 is 0 Å². The van der Waals surface area contributed by atoms with Crippen LogP contribution >= 0.6 is 45.9 Å². The van der Waals surface area contributed by atoms with Gasteiger partial charge in [-0.15, -0.1) is 0 Å². The van der Waals surface area contributed by atoms with E-state index in [-0.39, 0.29) is 0 Å². The van der Waals surface area contributed by atoms with E-state index in [2.05, 4.69) is 71.2 Å². The predicted molar refractivity (Wildman–Crippen MR) is 60.1 cm³/mol. The summed E-state index contributed by atoms with van der Waals surface area (Å²) in [7, 11) is 0. The highest BCUT2D eigenvalue weighted by molar-refractivity contribution is 9.71. The normalized spacial score (nSPS) is 13.2. The second-order valence-electron chi connectivity index (χ2n) is 2.35. The summed E-state index contributed by atoms with van der Waals surface area (Å²) >= 11 is 10.8. The zero-order chi connectivity index (χ0) is 8.36. The fraction of sp³-hybridized carbons (Fsp3) is 1.00. The van der Waals surface area contributed by atoms with Crippen molar-refractivity contribution >= 4 is 50.0 Å². The zero-order valence-corrected chi connectivity index (χ0v) is 12.1. The van der Waals surface area contributed by atoms with Gasteiger partial charge < -0.3 is 0 Å². The highest BCUT2D eigenvalue weighted by Crippen LogP contribution is 2.32. The molecule has 0 aliphatic heterocycles. The first-order chi connectivity index (χ1) is 4.39. The lowest BCUT2D eigenvalue weighted by molar-refractivity contribution is 0.393. The SMILES string of the molecule is CCN(C(C)C)[Si](Br)(Br)Br. The van der Waals surface area contributed by atoms with Crippen molar-refractivity contribution in [2.24, 2.45) is 0 Å². The third-order valence-electron chi connectivity index (χ3n) is 1.29. The number of hydrogen-bond acceptors (Lipinski definition) is 1. The highest BCUT2D eigenvalue weighted by atomic mass is 80.0. The van der Waals surface area contributed by atoms with E-state index < -0.39 is 4.09 Å². The van der Waals surface area contributed by atoms with Crippen LogP contribution in [0.5, 0.6) is 0 Å². The average molecular weight is 354 g/mol. The van der Waals surface area contributed by atoms with Crippen LogP contribution in [-0.2, 0) is 0 Å². The van der Waals surface area contributed by atoms with Crippen molar-refractivity contribution < 1.29 is 0 Å². The van der Waals surface area contributed by atoms with Crippen molar-refractivity contribution in [1.29, 1.82) is 0 Å². The molecular weight excluding hydrogens is 342 g/mol. The fourth-order valence-electron chi connectivity index (χ4n) is 0.837. The quantitative estimate of drug-likeness (QED) is 0.555. The highest BCUT2D eigenvalue weighted by Gasteiger charge is 2.32. The first kappa shape index (κ1) is 11.6. The van der Waals surface area contributed by atoms with Crippen molar-refractivity contribution in [3.05, 3.63) is 0 Å². The molecule has 0 aromatic heterocycles. The van der Waals surface area contributed by atoms with Crippen LogP contribution in [0, 0.1) is 0 Å². The molecule has 0 aliphatic rings. The first-order valence-electron chi connectivity index (χ1n) is 3.23. The summed E-state index contributed by atoms with van der Waals surface area (Å²) in [5, 5.41) is 0. The Morgan fingerprint density at radius 1 is 1.30 bits per heavy atom. The molecule has 0 fully saturated rings. The van der Waals surface area contributed by atoms with Gasteiger partial charge in [0, 0.05) is 0 Å². The molecule has 0 bridgehead atoms. The van der Waals surface area contributed by atoms with Crippen LogP contribution in [0.1, 0.15) is 20.8 Å². The molecule has 0 saturated heterocycles. The van der Waals surface area contributed by atoms with Crippen LogP contribution in [0.15, 0.2) is 0 Å². The molecule has 0 aromatic rings. The lowest BCUT2D eigenvalue weighted by Gasteiger charge is -2.31.